The van der Waals surface area contributed by atoms with Crippen molar-refractivity contribution in [3.8, 4) is 0 Å². The molecule has 10 radical (unpaired) electrons. The molecule has 0 aliphatic heterocycles. The zero-order valence-electron chi connectivity index (χ0n) is 7.23. The van der Waals surface area contributed by atoms with Gasteiger partial charge >= 0.3 is 39.1 Å². The molecular formula is C11H11BrTi. The Balaban J connectivity index is 0.000000174. The standard InChI is InChI=1S/2C5H5.CHBr.Ti/c2*1-2-4-5-3-1;1-2;/h2*1-5H;1H;. The van der Waals surface area contributed by atoms with Gasteiger partial charge in [0.25, 0.3) is 0 Å². The van der Waals surface area contributed by atoms with E-state index in [1.54, 1.807) is 0 Å². The Hall–Kier alpha value is 1.06. The first-order valence-electron chi connectivity index (χ1n) is 3.84. The molecule has 0 heterocycles. The average Bonchev–Trinajstić information content (AvgIpc) is 2.85. The first-order valence-corrected chi connectivity index (χ1v) is 5.66. The predicted molar refractivity (Wildman–Crippen MR) is 58.0 cm³/mol. The molecule has 2 saturated carbocycles. The number of hydrogen-bond acceptors (Lipinski definition) is 0. The maximum atomic E-state index is 3.02. The van der Waals surface area contributed by atoms with Gasteiger partial charge in [-0.2, -0.15) is 0 Å². The van der Waals surface area contributed by atoms with Crippen LogP contribution in [-0.2, 0) is 20.0 Å². The molecule has 0 aromatic rings. The molecule has 2 aliphatic carbocycles. The van der Waals surface area contributed by atoms with E-state index in [-0.39, 0.29) is 0 Å². The van der Waals surface area contributed by atoms with E-state index in [2.05, 4.69) is 15.9 Å². The Morgan fingerprint density at radius 3 is 0.769 bits per heavy atom. The van der Waals surface area contributed by atoms with Gasteiger partial charge in [0.05, 0.1) is 0 Å². The normalized spacial score (nSPS) is 19.4. The van der Waals surface area contributed by atoms with Gasteiger partial charge in [-0.1, -0.05) is 0 Å². The monoisotopic (exact) mass is 270 g/mol. The van der Waals surface area contributed by atoms with Crippen LogP contribution < -0.4 is 0 Å². The van der Waals surface area contributed by atoms with Crippen molar-refractivity contribution in [2.24, 2.45) is 0 Å². The average molecular weight is 271 g/mol. The molecule has 0 aromatic carbocycles. The van der Waals surface area contributed by atoms with Gasteiger partial charge in [0.2, 0.25) is 0 Å². The Labute approximate surface area is 103 Å². The van der Waals surface area contributed by atoms with Gasteiger partial charge in [0.15, 0.2) is 0 Å². The third-order valence-electron chi connectivity index (χ3n) is 1.11. The Bertz CT molecular complexity index is 71.0. The fraction of sp³-hybridized carbons (Fsp3) is 0. The quantitative estimate of drug-likeness (QED) is 0.594. The van der Waals surface area contributed by atoms with Gasteiger partial charge < -0.3 is 0 Å². The molecule has 2 aliphatic rings. The Morgan fingerprint density at radius 1 is 0.615 bits per heavy atom. The molecule has 0 nitrogen and oxygen atoms in total. The van der Waals surface area contributed by atoms with Crippen molar-refractivity contribution in [1.29, 1.82) is 0 Å². The van der Waals surface area contributed by atoms with Crippen LogP contribution in [0.5, 0.6) is 0 Å². The third-order valence-corrected chi connectivity index (χ3v) is 1.11. The molecule has 2 rings (SSSR count). The molecule has 66 valence electrons. The van der Waals surface area contributed by atoms with E-state index >= 15 is 0 Å². The van der Waals surface area contributed by atoms with E-state index in [0.717, 1.165) is 0 Å². The van der Waals surface area contributed by atoms with E-state index in [1.807, 2.05) is 87.4 Å². The molecule has 0 amide bonds. The van der Waals surface area contributed by atoms with Crippen molar-refractivity contribution >= 4 is 19.2 Å². The van der Waals surface area contributed by atoms with Crippen LogP contribution >= 0.6 is 15.9 Å². The van der Waals surface area contributed by atoms with Gasteiger partial charge in [-0.05, 0) is 64.2 Å². The van der Waals surface area contributed by atoms with Crippen LogP contribution in [0.15, 0.2) is 0 Å². The van der Waals surface area contributed by atoms with Gasteiger partial charge in [-0.3, -0.25) is 0 Å². The van der Waals surface area contributed by atoms with Gasteiger partial charge in [-0.15, -0.1) is 0 Å². The molecule has 0 saturated heterocycles. The Morgan fingerprint density at radius 2 is 0.692 bits per heavy atom. The first kappa shape index (κ1) is 14.1. The molecule has 0 bridgehead atoms. The van der Waals surface area contributed by atoms with Crippen molar-refractivity contribution in [1.82, 2.24) is 0 Å². The molecule has 0 atom stereocenters. The van der Waals surface area contributed by atoms with E-state index in [0.29, 0.717) is 0 Å². The topological polar surface area (TPSA) is 0 Å². The second kappa shape index (κ2) is 13.1. The SMILES string of the molecule is [CH]1[CH][CH][CH][CH]1.[CH]1[CH][CH][CH][CH]1.[Ti]=[CH]Br. The summed E-state index contributed by atoms with van der Waals surface area (Å²) in [5.41, 5.74) is 0. The molecule has 2 heteroatoms. The molecule has 2 fully saturated rings. The summed E-state index contributed by atoms with van der Waals surface area (Å²) < 4.78 is 1.81. The summed E-state index contributed by atoms with van der Waals surface area (Å²) >= 11 is 4.94. The van der Waals surface area contributed by atoms with Crippen LogP contribution in [0.4, 0.5) is 0 Å². The fourth-order valence-corrected chi connectivity index (χ4v) is 0.642. The molecule has 0 spiro atoms. The zero-order chi connectivity index (χ0) is 9.78. The van der Waals surface area contributed by atoms with Crippen LogP contribution in [-0.4, -0.2) is 3.22 Å². The summed E-state index contributed by atoms with van der Waals surface area (Å²) in [5, 5.41) is 0. The summed E-state index contributed by atoms with van der Waals surface area (Å²) in [7, 11) is 0. The second-order valence-corrected chi connectivity index (χ2v) is 4.26. The van der Waals surface area contributed by atoms with Crippen LogP contribution in [0.1, 0.15) is 0 Å². The van der Waals surface area contributed by atoms with E-state index in [9.17, 15) is 0 Å². The molecule has 0 aromatic heterocycles. The van der Waals surface area contributed by atoms with Crippen molar-refractivity contribution < 1.29 is 20.0 Å². The summed E-state index contributed by atoms with van der Waals surface area (Å²) in [6.45, 7) is 0. The molecular weight excluding hydrogens is 260 g/mol. The van der Waals surface area contributed by atoms with Crippen LogP contribution in [0.3, 0.4) is 0 Å². The molecule has 13 heavy (non-hydrogen) atoms. The number of halogens is 1. The summed E-state index contributed by atoms with van der Waals surface area (Å²) in [6, 6.07) is 0. The van der Waals surface area contributed by atoms with Crippen LogP contribution in [0, 0.1) is 64.2 Å². The summed E-state index contributed by atoms with van der Waals surface area (Å²) in [6.07, 6.45) is 20.0. The maximum absolute atomic E-state index is 3.02. The molecule has 0 N–H and O–H groups in total. The van der Waals surface area contributed by atoms with Gasteiger partial charge in [0.1, 0.15) is 0 Å². The van der Waals surface area contributed by atoms with Crippen LogP contribution in [0.25, 0.3) is 0 Å². The number of hydrogen-bond donors (Lipinski definition) is 0. The van der Waals surface area contributed by atoms with Gasteiger partial charge in [-0.25, -0.2) is 0 Å². The third kappa shape index (κ3) is 13.1. The number of rotatable bonds is 0. The minimum absolute atomic E-state index is 1.81. The molecule has 0 unspecified atom stereocenters. The van der Waals surface area contributed by atoms with E-state index < -0.39 is 0 Å². The van der Waals surface area contributed by atoms with Crippen molar-refractivity contribution in [2.45, 2.75) is 0 Å². The Kier molecular flexibility index (Phi) is 14.1. The second-order valence-electron chi connectivity index (χ2n) is 2.03. The van der Waals surface area contributed by atoms with Crippen molar-refractivity contribution in [3.63, 3.8) is 0 Å². The van der Waals surface area contributed by atoms with Crippen molar-refractivity contribution in [3.05, 3.63) is 64.2 Å². The van der Waals surface area contributed by atoms with Crippen LogP contribution in [0.2, 0.25) is 0 Å². The van der Waals surface area contributed by atoms with E-state index in [1.165, 1.54) is 0 Å². The van der Waals surface area contributed by atoms with Gasteiger partial charge in [0, 0.05) is 0 Å². The minimum atomic E-state index is 1.81. The summed E-state index contributed by atoms with van der Waals surface area (Å²) in [5.74, 6) is 0. The predicted octanol–water partition coefficient (Wildman–Crippen LogP) is 2.73. The van der Waals surface area contributed by atoms with Crippen molar-refractivity contribution in [2.75, 3.05) is 0 Å². The summed E-state index contributed by atoms with van der Waals surface area (Å²) in [4.78, 5) is 0. The fourth-order valence-electron chi connectivity index (χ4n) is 0.642. The zero-order valence-corrected chi connectivity index (χ0v) is 10.4. The van der Waals surface area contributed by atoms with E-state index in [4.69, 9.17) is 0 Å². The first-order chi connectivity index (χ1) is 6.41.